The number of nitrogens with one attached hydrogen (secondary N) is 1. The van der Waals surface area contributed by atoms with Gasteiger partial charge >= 0.3 is 0 Å². The topological polar surface area (TPSA) is 38.3 Å². The molecule has 0 atom stereocenters. The molecule has 3 aromatic carbocycles. The monoisotopic (exact) mass is 417 g/mol. The molecule has 0 saturated carbocycles. The summed E-state index contributed by atoms with van der Waals surface area (Å²) in [5.41, 5.74) is 3.61. The highest BCUT2D eigenvalue weighted by Gasteiger charge is 2.35. The summed E-state index contributed by atoms with van der Waals surface area (Å²) in [5, 5.41) is 3.15. The second-order valence-corrected chi connectivity index (χ2v) is 8.23. The minimum Gasteiger partial charge on any atom is -0.381 e. The summed E-state index contributed by atoms with van der Waals surface area (Å²) in [7, 11) is 0. The van der Waals surface area contributed by atoms with Gasteiger partial charge in [-0.3, -0.25) is 4.79 Å². The van der Waals surface area contributed by atoms with E-state index in [1.807, 2.05) is 48.5 Å². The van der Waals surface area contributed by atoms with Crippen LogP contribution >= 0.6 is 0 Å². The zero-order chi connectivity index (χ0) is 21.5. The lowest BCUT2D eigenvalue weighted by molar-refractivity contribution is 0.0486. The molecule has 0 aromatic heterocycles. The van der Waals surface area contributed by atoms with E-state index in [0.717, 1.165) is 36.8 Å². The fourth-order valence-electron chi connectivity index (χ4n) is 4.38. The van der Waals surface area contributed by atoms with Gasteiger partial charge in [0.15, 0.2) is 0 Å². The van der Waals surface area contributed by atoms with Crippen molar-refractivity contribution in [1.29, 1.82) is 0 Å². The smallest absolute Gasteiger partial charge is 0.251 e. The Kier molecular flexibility index (Phi) is 6.78. The van der Waals surface area contributed by atoms with Crippen molar-refractivity contribution in [3.63, 3.8) is 0 Å². The van der Waals surface area contributed by atoms with Crippen molar-refractivity contribution < 1.29 is 13.9 Å². The Balaban J connectivity index is 1.48. The molecule has 1 N–H and O–H groups in total. The van der Waals surface area contributed by atoms with Crippen molar-refractivity contribution in [2.75, 3.05) is 19.8 Å². The lowest BCUT2D eigenvalue weighted by atomic mass is 9.74. The number of hydrogen-bond acceptors (Lipinski definition) is 2. The number of ether oxygens (including phenoxy) is 1. The summed E-state index contributed by atoms with van der Waals surface area (Å²) in [5.74, 6) is -0.327. The third-order valence-corrected chi connectivity index (χ3v) is 6.26. The van der Waals surface area contributed by atoms with Crippen LogP contribution < -0.4 is 5.32 Å². The van der Waals surface area contributed by atoms with Crippen LogP contribution in [0, 0.1) is 5.82 Å². The van der Waals surface area contributed by atoms with Crippen LogP contribution in [0.1, 0.15) is 39.9 Å². The number of carbonyl (C=O) groups is 1. The van der Waals surface area contributed by atoms with Crippen molar-refractivity contribution in [1.82, 2.24) is 5.32 Å². The Morgan fingerprint density at radius 2 is 1.65 bits per heavy atom. The predicted octanol–water partition coefficient (Wildman–Crippen LogP) is 5.09. The van der Waals surface area contributed by atoms with Crippen LogP contribution in [-0.2, 0) is 23.0 Å². The molecule has 0 bridgehead atoms. The van der Waals surface area contributed by atoms with Gasteiger partial charge in [0, 0.05) is 30.7 Å². The van der Waals surface area contributed by atoms with Crippen LogP contribution in [0.15, 0.2) is 78.9 Å². The molecule has 1 saturated heterocycles. The number of amides is 1. The highest BCUT2D eigenvalue weighted by atomic mass is 19.1. The SMILES string of the molecule is O=C(NCC1(c2cccc(F)c2)CCOCC1)c1ccccc1CCc1ccccc1. The van der Waals surface area contributed by atoms with E-state index in [2.05, 4.69) is 17.4 Å². The van der Waals surface area contributed by atoms with Gasteiger partial charge in [-0.05, 0) is 60.6 Å². The van der Waals surface area contributed by atoms with E-state index in [1.165, 1.54) is 11.6 Å². The van der Waals surface area contributed by atoms with E-state index in [4.69, 9.17) is 4.74 Å². The molecule has 4 rings (SSSR count). The van der Waals surface area contributed by atoms with Gasteiger partial charge in [0.1, 0.15) is 5.82 Å². The molecule has 160 valence electrons. The third kappa shape index (κ3) is 5.20. The molecule has 1 fully saturated rings. The maximum atomic E-state index is 13.9. The van der Waals surface area contributed by atoms with E-state index < -0.39 is 0 Å². The van der Waals surface area contributed by atoms with E-state index in [9.17, 15) is 9.18 Å². The summed E-state index contributed by atoms with van der Waals surface area (Å²) < 4.78 is 19.5. The van der Waals surface area contributed by atoms with Gasteiger partial charge in [-0.25, -0.2) is 4.39 Å². The van der Waals surface area contributed by atoms with E-state index in [-0.39, 0.29) is 17.1 Å². The van der Waals surface area contributed by atoms with Gasteiger partial charge in [-0.1, -0.05) is 60.7 Å². The second-order valence-electron chi connectivity index (χ2n) is 8.23. The van der Waals surface area contributed by atoms with Gasteiger partial charge in [0.05, 0.1) is 0 Å². The molecule has 0 spiro atoms. The lowest BCUT2D eigenvalue weighted by Crippen LogP contribution is -2.44. The summed E-state index contributed by atoms with van der Waals surface area (Å²) in [6, 6.07) is 24.8. The summed E-state index contributed by atoms with van der Waals surface area (Å²) in [6.45, 7) is 1.69. The highest BCUT2D eigenvalue weighted by molar-refractivity contribution is 5.95. The average Bonchev–Trinajstić information content (AvgIpc) is 2.83. The number of rotatable bonds is 7. The van der Waals surface area contributed by atoms with Crippen molar-refractivity contribution in [3.05, 3.63) is 107 Å². The largest absolute Gasteiger partial charge is 0.381 e. The molecule has 1 amide bonds. The fraction of sp³-hybridized carbons (Fsp3) is 0.296. The molecule has 0 unspecified atom stereocenters. The molecule has 1 heterocycles. The van der Waals surface area contributed by atoms with Crippen molar-refractivity contribution in [2.24, 2.45) is 0 Å². The van der Waals surface area contributed by atoms with Crippen molar-refractivity contribution >= 4 is 5.91 Å². The molecule has 31 heavy (non-hydrogen) atoms. The standard InChI is InChI=1S/C27H28FNO2/c28-24-11-6-10-23(19-24)27(15-17-31-18-16-27)20-29-26(30)25-12-5-4-9-22(25)14-13-21-7-2-1-3-8-21/h1-12,19H,13-18,20H2,(H,29,30). The highest BCUT2D eigenvalue weighted by Crippen LogP contribution is 2.34. The molecule has 3 nitrogen and oxygen atoms in total. The Labute approximate surface area is 183 Å². The molecule has 1 aliphatic heterocycles. The minimum atomic E-state index is -0.311. The maximum Gasteiger partial charge on any atom is 0.251 e. The molecular formula is C27H28FNO2. The number of aryl methyl sites for hydroxylation is 2. The Bertz CT molecular complexity index is 1010. The van der Waals surface area contributed by atoms with Gasteiger partial charge < -0.3 is 10.1 Å². The number of carbonyl (C=O) groups excluding carboxylic acids is 1. The number of benzene rings is 3. The minimum absolute atomic E-state index is 0.0778. The number of halogens is 1. The summed E-state index contributed by atoms with van der Waals surface area (Å²) in [6.07, 6.45) is 3.20. The normalized spacial score (nSPS) is 15.4. The van der Waals surface area contributed by atoms with Crippen LogP contribution in [0.4, 0.5) is 4.39 Å². The Morgan fingerprint density at radius 3 is 2.42 bits per heavy atom. The van der Waals surface area contributed by atoms with Crippen LogP contribution in [0.25, 0.3) is 0 Å². The van der Waals surface area contributed by atoms with Crippen LogP contribution in [0.5, 0.6) is 0 Å². The quantitative estimate of drug-likeness (QED) is 0.582. The lowest BCUT2D eigenvalue weighted by Gasteiger charge is -2.38. The zero-order valence-corrected chi connectivity index (χ0v) is 17.6. The summed E-state index contributed by atoms with van der Waals surface area (Å²) >= 11 is 0. The molecule has 0 aliphatic carbocycles. The summed E-state index contributed by atoms with van der Waals surface area (Å²) in [4.78, 5) is 13.1. The van der Waals surface area contributed by atoms with Crippen molar-refractivity contribution in [2.45, 2.75) is 31.1 Å². The Morgan fingerprint density at radius 1 is 0.903 bits per heavy atom. The van der Waals surface area contributed by atoms with Gasteiger partial charge in [-0.15, -0.1) is 0 Å². The van der Waals surface area contributed by atoms with Gasteiger partial charge in [0.2, 0.25) is 0 Å². The zero-order valence-electron chi connectivity index (χ0n) is 17.6. The molecular weight excluding hydrogens is 389 g/mol. The molecule has 1 aliphatic rings. The van der Waals surface area contributed by atoms with E-state index >= 15 is 0 Å². The van der Waals surface area contributed by atoms with Crippen LogP contribution in [0.2, 0.25) is 0 Å². The van der Waals surface area contributed by atoms with E-state index in [0.29, 0.717) is 25.3 Å². The Hall–Kier alpha value is -2.98. The van der Waals surface area contributed by atoms with Crippen LogP contribution in [0.3, 0.4) is 0 Å². The average molecular weight is 418 g/mol. The fourth-order valence-corrected chi connectivity index (χ4v) is 4.38. The molecule has 4 heteroatoms. The molecule has 3 aromatic rings. The van der Waals surface area contributed by atoms with Gasteiger partial charge in [-0.2, -0.15) is 0 Å². The first-order valence-corrected chi connectivity index (χ1v) is 10.9. The first-order chi connectivity index (χ1) is 15.2. The van der Waals surface area contributed by atoms with Crippen LogP contribution in [-0.4, -0.2) is 25.7 Å². The predicted molar refractivity (Wildman–Crippen MR) is 121 cm³/mol. The third-order valence-electron chi connectivity index (χ3n) is 6.26. The first kappa shape index (κ1) is 21.3. The first-order valence-electron chi connectivity index (χ1n) is 10.9. The number of hydrogen-bond donors (Lipinski definition) is 1. The van der Waals surface area contributed by atoms with E-state index in [1.54, 1.807) is 12.1 Å². The maximum absolute atomic E-state index is 13.9. The molecule has 0 radical (unpaired) electrons. The second kappa shape index (κ2) is 9.88. The van der Waals surface area contributed by atoms with Crippen molar-refractivity contribution in [3.8, 4) is 0 Å². The van der Waals surface area contributed by atoms with Gasteiger partial charge in [0.25, 0.3) is 5.91 Å².